The van der Waals surface area contributed by atoms with Gasteiger partial charge in [-0.15, -0.1) is 0 Å². The van der Waals surface area contributed by atoms with Crippen molar-refractivity contribution in [2.45, 2.75) is 26.2 Å². The molecule has 0 aliphatic rings. The highest BCUT2D eigenvalue weighted by Crippen LogP contribution is 2.15. The Morgan fingerprint density at radius 1 is 1.46 bits per heavy atom. The zero-order valence-corrected chi connectivity index (χ0v) is 8.17. The summed E-state index contributed by atoms with van der Waals surface area (Å²) in [6, 6.07) is 8.25. The topological polar surface area (TPSA) is 49.9 Å². The average molecular weight is 176 g/mol. The summed E-state index contributed by atoms with van der Waals surface area (Å²) in [5, 5.41) is 7.19. The van der Waals surface area contributed by atoms with Gasteiger partial charge in [0, 0.05) is 6.42 Å². The number of amidine groups is 1. The predicted molar refractivity (Wildman–Crippen MR) is 56.1 cm³/mol. The first-order valence-corrected chi connectivity index (χ1v) is 4.51. The van der Waals surface area contributed by atoms with Crippen molar-refractivity contribution >= 4 is 5.84 Å². The maximum absolute atomic E-state index is 7.19. The molecule has 0 bridgehead atoms. The number of hydrogen-bond acceptors (Lipinski definition) is 1. The number of nitrogens with two attached hydrogens (primary N) is 1. The summed E-state index contributed by atoms with van der Waals surface area (Å²) in [7, 11) is 0. The number of hydrogen-bond donors (Lipinski definition) is 2. The first-order valence-electron chi connectivity index (χ1n) is 4.51. The van der Waals surface area contributed by atoms with Crippen LogP contribution in [0, 0.1) is 5.41 Å². The minimum Gasteiger partial charge on any atom is -0.387 e. The Kier molecular flexibility index (Phi) is 3.07. The molecule has 3 N–H and O–H groups in total. The summed E-state index contributed by atoms with van der Waals surface area (Å²) >= 11 is 0. The number of rotatable bonds is 3. The Morgan fingerprint density at radius 2 is 2.15 bits per heavy atom. The van der Waals surface area contributed by atoms with Crippen molar-refractivity contribution < 1.29 is 0 Å². The quantitative estimate of drug-likeness (QED) is 0.538. The lowest BCUT2D eigenvalue weighted by atomic mass is 10.00. The van der Waals surface area contributed by atoms with E-state index in [-0.39, 0.29) is 5.84 Å². The van der Waals surface area contributed by atoms with Crippen LogP contribution in [0.4, 0.5) is 0 Å². The smallest absolute Gasteiger partial charge is 0.0950 e. The molecule has 0 atom stereocenters. The molecule has 0 aliphatic carbocycles. The van der Waals surface area contributed by atoms with Gasteiger partial charge in [-0.2, -0.15) is 0 Å². The molecule has 1 aromatic carbocycles. The molecule has 2 heteroatoms. The highest BCUT2D eigenvalue weighted by molar-refractivity contribution is 5.79. The summed E-state index contributed by atoms with van der Waals surface area (Å²) in [6.07, 6.45) is 0.556. The van der Waals surface area contributed by atoms with Crippen molar-refractivity contribution in [3.8, 4) is 0 Å². The summed E-state index contributed by atoms with van der Waals surface area (Å²) < 4.78 is 0. The lowest BCUT2D eigenvalue weighted by molar-refractivity contribution is 0.864. The van der Waals surface area contributed by atoms with Crippen LogP contribution in [0.15, 0.2) is 24.3 Å². The molecule has 0 spiro atoms. The number of nitrogens with one attached hydrogen (secondary N) is 1. The van der Waals surface area contributed by atoms with Gasteiger partial charge in [-0.1, -0.05) is 38.1 Å². The monoisotopic (exact) mass is 176 g/mol. The van der Waals surface area contributed by atoms with E-state index in [1.54, 1.807) is 0 Å². The van der Waals surface area contributed by atoms with Crippen molar-refractivity contribution in [1.29, 1.82) is 5.41 Å². The van der Waals surface area contributed by atoms with Gasteiger partial charge in [-0.05, 0) is 17.0 Å². The molecule has 0 amide bonds. The lowest BCUT2D eigenvalue weighted by Gasteiger charge is -2.07. The van der Waals surface area contributed by atoms with Crippen LogP contribution in [0.3, 0.4) is 0 Å². The van der Waals surface area contributed by atoms with Gasteiger partial charge in [0.2, 0.25) is 0 Å². The fourth-order valence-corrected chi connectivity index (χ4v) is 1.28. The van der Waals surface area contributed by atoms with E-state index >= 15 is 0 Å². The standard InChI is InChI=1S/C11H16N2/c1-8(2)10-5-3-4-9(6-10)7-11(12)13/h3-6,8H,7H2,1-2H3,(H3,12,13). The van der Waals surface area contributed by atoms with Gasteiger partial charge in [0.05, 0.1) is 5.84 Å². The van der Waals surface area contributed by atoms with Gasteiger partial charge < -0.3 is 5.73 Å². The van der Waals surface area contributed by atoms with Gasteiger partial charge in [0.15, 0.2) is 0 Å². The molecule has 0 radical (unpaired) electrons. The van der Waals surface area contributed by atoms with Crippen molar-refractivity contribution in [1.82, 2.24) is 0 Å². The third kappa shape index (κ3) is 2.90. The molecule has 70 valence electrons. The molecule has 0 saturated carbocycles. The van der Waals surface area contributed by atoms with E-state index in [1.165, 1.54) is 5.56 Å². The van der Waals surface area contributed by atoms with Crippen LogP contribution in [-0.4, -0.2) is 5.84 Å². The van der Waals surface area contributed by atoms with Crippen LogP contribution >= 0.6 is 0 Å². The van der Waals surface area contributed by atoms with Crippen LogP contribution < -0.4 is 5.73 Å². The van der Waals surface area contributed by atoms with Gasteiger partial charge in [-0.3, -0.25) is 5.41 Å². The summed E-state index contributed by atoms with van der Waals surface area (Å²) in [6.45, 7) is 4.32. The van der Waals surface area contributed by atoms with E-state index in [0.29, 0.717) is 12.3 Å². The Hall–Kier alpha value is -1.31. The van der Waals surface area contributed by atoms with E-state index in [1.807, 2.05) is 12.1 Å². The van der Waals surface area contributed by atoms with E-state index in [4.69, 9.17) is 11.1 Å². The van der Waals surface area contributed by atoms with E-state index in [9.17, 15) is 0 Å². The van der Waals surface area contributed by atoms with Gasteiger partial charge in [0.25, 0.3) is 0 Å². The van der Waals surface area contributed by atoms with Crippen LogP contribution in [0.1, 0.15) is 30.9 Å². The van der Waals surface area contributed by atoms with Crippen LogP contribution in [0.5, 0.6) is 0 Å². The van der Waals surface area contributed by atoms with E-state index < -0.39 is 0 Å². The summed E-state index contributed by atoms with van der Waals surface area (Å²) in [5.74, 6) is 0.757. The fourth-order valence-electron chi connectivity index (χ4n) is 1.28. The molecule has 0 unspecified atom stereocenters. The first-order chi connectivity index (χ1) is 6.09. The zero-order valence-electron chi connectivity index (χ0n) is 8.17. The highest BCUT2D eigenvalue weighted by atomic mass is 14.7. The Labute approximate surface area is 79.3 Å². The Morgan fingerprint density at radius 3 is 2.69 bits per heavy atom. The average Bonchev–Trinajstić information content (AvgIpc) is 2.03. The minimum atomic E-state index is 0.223. The van der Waals surface area contributed by atoms with Gasteiger partial charge in [-0.25, -0.2) is 0 Å². The van der Waals surface area contributed by atoms with Gasteiger partial charge >= 0.3 is 0 Å². The second-order valence-electron chi connectivity index (χ2n) is 3.60. The molecule has 0 heterocycles. The van der Waals surface area contributed by atoms with Gasteiger partial charge in [0.1, 0.15) is 0 Å². The van der Waals surface area contributed by atoms with Crippen LogP contribution in [0.2, 0.25) is 0 Å². The van der Waals surface area contributed by atoms with E-state index in [0.717, 1.165) is 5.56 Å². The number of benzene rings is 1. The minimum absolute atomic E-state index is 0.223. The molecular formula is C11H16N2. The third-order valence-electron chi connectivity index (χ3n) is 2.01. The largest absolute Gasteiger partial charge is 0.387 e. The van der Waals surface area contributed by atoms with Crippen molar-refractivity contribution in [3.63, 3.8) is 0 Å². The SMILES string of the molecule is CC(C)c1cccc(CC(=N)N)c1. The molecular weight excluding hydrogens is 160 g/mol. The maximum Gasteiger partial charge on any atom is 0.0950 e. The van der Waals surface area contributed by atoms with Crippen LogP contribution in [0.25, 0.3) is 0 Å². The normalized spacial score (nSPS) is 10.4. The molecule has 0 aromatic heterocycles. The summed E-state index contributed by atoms with van der Waals surface area (Å²) in [5.41, 5.74) is 7.76. The Balaban J connectivity index is 2.85. The van der Waals surface area contributed by atoms with Crippen molar-refractivity contribution in [2.75, 3.05) is 0 Å². The lowest BCUT2D eigenvalue weighted by Crippen LogP contribution is -2.12. The molecule has 0 fully saturated rings. The molecule has 0 saturated heterocycles. The molecule has 2 nitrogen and oxygen atoms in total. The fraction of sp³-hybridized carbons (Fsp3) is 0.364. The van der Waals surface area contributed by atoms with Crippen LogP contribution in [-0.2, 0) is 6.42 Å². The molecule has 1 aromatic rings. The molecule has 13 heavy (non-hydrogen) atoms. The zero-order chi connectivity index (χ0) is 9.84. The van der Waals surface area contributed by atoms with Crippen molar-refractivity contribution in [3.05, 3.63) is 35.4 Å². The summed E-state index contributed by atoms with van der Waals surface area (Å²) in [4.78, 5) is 0. The second kappa shape index (κ2) is 4.08. The third-order valence-corrected chi connectivity index (χ3v) is 2.01. The predicted octanol–water partition coefficient (Wildman–Crippen LogP) is 2.29. The molecule has 0 aliphatic heterocycles. The molecule has 1 rings (SSSR count). The first kappa shape index (κ1) is 9.78. The van der Waals surface area contributed by atoms with Crippen molar-refractivity contribution in [2.24, 2.45) is 5.73 Å². The highest BCUT2D eigenvalue weighted by Gasteiger charge is 2.00. The maximum atomic E-state index is 7.19. The Bertz CT molecular complexity index is 303. The second-order valence-corrected chi connectivity index (χ2v) is 3.60. The van der Waals surface area contributed by atoms with E-state index in [2.05, 4.69) is 26.0 Å².